The Morgan fingerprint density at radius 1 is 1.36 bits per heavy atom. The molecule has 0 spiro atoms. The van der Waals surface area contributed by atoms with Crippen LogP contribution in [0, 0.1) is 6.92 Å². The number of alkyl halides is 1. The predicted octanol–water partition coefficient (Wildman–Crippen LogP) is 2.89. The first-order chi connectivity index (χ1) is 10.6. The van der Waals surface area contributed by atoms with Crippen molar-refractivity contribution in [2.24, 2.45) is 0 Å². The van der Waals surface area contributed by atoms with E-state index in [1.165, 1.54) is 0 Å². The van der Waals surface area contributed by atoms with E-state index in [1.807, 2.05) is 31.2 Å². The van der Waals surface area contributed by atoms with Gasteiger partial charge in [0.1, 0.15) is 6.67 Å². The van der Waals surface area contributed by atoms with E-state index in [2.05, 4.69) is 4.98 Å². The number of halogens is 1. The molecule has 1 aliphatic rings. The quantitative estimate of drug-likeness (QED) is 0.882. The Balaban J connectivity index is 2.13. The first-order valence-corrected chi connectivity index (χ1v) is 7.14. The van der Waals surface area contributed by atoms with Crippen LogP contribution in [0.5, 0.6) is 5.88 Å². The molecule has 5 heteroatoms. The second kappa shape index (κ2) is 5.57. The van der Waals surface area contributed by atoms with E-state index in [4.69, 9.17) is 15.2 Å². The standard InChI is InChI=1S/C17H19FN2O2/c1-11-3-4-13(19)6-14(11)12-5-15(16(21-2)20-7-12)17(8-18)9-22-10-17/h3-7H,8-10,19H2,1-2H3. The number of methoxy groups -OCH3 is 1. The zero-order valence-electron chi connectivity index (χ0n) is 12.7. The maximum absolute atomic E-state index is 13.6. The fourth-order valence-corrected chi connectivity index (χ4v) is 2.75. The number of ether oxygens (including phenoxy) is 2. The Labute approximate surface area is 129 Å². The molecule has 2 aromatic rings. The lowest BCUT2D eigenvalue weighted by molar-refractivity contribution is -0.0716. The SMILES string of the molecule is COc1ncc(-c2cc(N)ccc2C)cc1C1(CF)COC1. The molecule has 2 N–H and O–H groups in total. The number of nitrogens with two attached hydrogens (primary N) is 1. The highest BCUT2D eigenvalue weighted by molar-refractivity contribution is 5.71. The van der Waals surface area contributed by atoms with Crippen LogP contribution in [-0.2, 0) is 10.2 Å². The molecule has 0 amide bonds. The number of hydrogen-bond acceptors (Lipinski definition) is 4. The molecule has 0 radical (unpaired) electrons. The van der Waals surface area contributed by atoms with E-state index < -0.39 is 12.1 Å². The van der Waals surface area contributed by atoms with Gasteiger partial charge in [0.05, 0.1) is 25.7 Å². The maximum Gasteiger partial charge on any atom is 0.217 e. The molecule has 0 saturated carbocycles. The molecule has 22 heavy (non-hydrogen) atoms. The molecule has 1 aliphatic heterocycles. The summed E-state index contributed by atoms with van der Waals surface area (Å²) in [6, 6.07) is 7.67. The van der Waals surface area contributed by atoms with Crippen molar-refractivity contribution in [1.29, 1.82) is 0 Å². The Hall–Kier alpha value is -2.14. The molecule has 0 bridgehead atoms. The number of benzene rings is 1. The number of pyridine rings is 1. The van der Waals surface area contributed by atoms with Crippen molar-refractivity contribution in [3.63, 3.8) is 0 Å². The van der Waals surface area contributed by atoms with Gasteiger partial charge in [-0.15, -0.1) is 0 Å². The zero-order valence-corrected chi connectivity index (χ0v) is 12.7. The van der Waals surface area contributed by atoms with Crippen LogP contribution in [0.1, 0.15) is 11.1 Å². The van der Waals surface area contributed by atoms with E-state index in [-0.39, 0.29) is 0 Å². The minimum atomic E-state index is -0.650. The lowest BCUT2D eigenvalue weighted by atomic mass is 9.79. The molecule has 0 aliphatic carbocycles. The Kier molecular flexibility index (Phi) is 3.74. The topological polar surface area (TPSA) is 57.4 Å². The third-order valence-electron chi connectivity index (χ3n) is 4.20. The van der Waals surface area contributed by atoms with Crippen molar-refractivity contribution in [1.82, 2.24) is 4.98 Å². The number of aromatic nitrogens is 1. The second-order valence-electron chi connectivity index (χ2n) is 5.76. The third-order valence-corrected chi connectivity index (χ3v) is 4.20. The van der Waals surface area contributed by atoms with Crippen LogP contribution < -0.4 is 10.5 Å². The van der Waals surface area contributed by atoms with Crippen LogP contribution >= 0.6 is 0 Å². The molecular formula is C17H19FN2O2. The molecule has 1 saturated heterocycles. The van der Waals surface area contributed by atoms with Crippen molar-refractivity contribution in [2.45, 2.75) is 12.3 Å². The van der Waals surface area contributed by atoms with Gasteiger partial charge in [-0.3, -0.25) is 0 Å². The van der Waals surface area contributed by atoms with Crippen LogP contribution in [0.3, 0.4) is 0 Å². The molecule has 1 aromatic carbocycles. The normalized spacial score (nSPS) is 16.1. The maximum atomic E-state index is 13.6. The van der Waals surface area contributed by atoms with Gasteiger partial charge < -0.3 is 15.2 Å². The molecule has 0 atom stereocenters. The predicted molar refractivity (Wildman–Crippen MR) is 83.8 cm³/mol. The molecule has 116 valence electrons. The fraction of sp³-hybridized carbons (Fsp3) is 0.353. The Morgan fingerprint density at radius 3 is 2.73 bits per heavy atom. The van der Waals surface area contributed by atoms with Gasteiger partial charge in [-0.25, -0.2) is 9.37 Å². The molecule has 2 heterocycles. The van der Waals surface area contributed by atoms with Crippen LogP contribution in [-0.4, -0.2) is 32.0 Å². The first-order valence-electron chi connectivity index (χ1n) is 7.14. The smallest absolute Gasteiger partial charge is 0.217 e. The summed E-state index contributed by atoms with van der Waals surface area (Å²) in [6.45, 7) is 2.21. The summed E-state index contributed by atoms with van der Waals surface area (Å²) in [6.07, 6.45) is 1.73. The Morgan fingerprint density at radius 2 is 2.14 bits per heavy atom. The summed E-state index contributed by atoms with van der Waals surface area (Å²) in [7, 11) is 1.54. The highest BCUT2D eigenvalue weighted by Crippen LogP contribution is 2.39. The van der Waals surface area contributed by atoms with Gasteiger partial charge in [0, 0.05) is 23.0 Å². The summed E-state index contributed by atoms with van der Waals surface area (Å²) in [5.74, 6) is 0.450. The summed E-state index contributed by atoms with van der Waals surface area (Å²) >= 11 is 0. The Bertz CT molecular complexity index is 694. The summed E-state index contributed by atoms with van der Waals surface area (Å²) in [5, 5.41) is 0. The molecule has 3 rings (SSSR count). The van der Waals surface area contributed by atoms with Gasteiger partial charge in [-0.2, -0.15) is 0 Å². The van der Waals surface area contributed by atoms with E-state index >= 15 is 0 Å². The van der Waals surface area contributed by atoms with Gasteiger partial charge >= 0.3 is 0 Å². The molecular weight excluding hydrogens is 283 g/mol. The van der Waals surface area contributed by atoms with Gasteiger partial charge in [0.2, 0.25) is 5.88 Å². The molecule has 1 fully saturated rings. The van der Waals surface area contributed by atoms with Crippen LogP contribution in [0.15, 0.2) is 30.5 Å². The summed E-state index contributed by atoms with van der Waals surface area (Å²) in [4.78, 5) is 4.35. The fourth-order valence-electron chi connectivity index (χ4n) is 2.75. The minimum Gasteiger partial charge on any atom is -0.481 e. The minimum absolute atomic E-state index is 0.348. The van der Waals surface area contributed by atoms with Gasteiger partial charge in [0.15, 0.2) is 0 Å². The number of nitrogens with zero attached hydrogens (tertiary/aromatic N) is 1. The molecule has 0 unspecified atom stereocenters. The number of nitrogen functional groups attached to an aromatic ring is 1. The third kappa shape index (κ3) is 2.31. The van der Waals surface area contributed by atoms with Crippen molar-refractivity contribution in [2.75, 3.05) is 32.7 Å². The lowest BCUT2D eigenvalue weighted by Crippen LogP contribution is -2.49. The van der Waals surface area contributed by atoms with E-state index in [0.717, 1.165) is 22.3 Å². The van der Waals surface area contributed by atoms with E-state index in [1.54, 1.807) is 13.3 Å². The number of anilines is 1. The summed E-state index contributed by atoms with van der Waals surface area (Å²) in [5.41, 5.74) is 9.65. The molecule has 1 aromatic heterocycles. The van der Waals surface area contributed by atoms with Crippen molar-refractivity contribution < 1.29 is 13.9 Å². The van der Waals surface area contributed by atoms with E-state index in [0.29, 0.717) is 24.8 Å². The number of aryl methyl sites for hydroxylation is 1. The monoisotopic (exact) mass is 302 g/mol. The van der Waals surface area contributed by atoms with E-state index in [9.17, 15) is 4.39 Å². The van der Waals surface area contributed by atoms with Crippen molar-refractivity contribution in [3.8, 4) is 17.0 Å². The van der Waals surface area contributed by atoms with Gasteiger partial charge in [0.25, 0.3) is 0 Å². The molecule has 4 nitrogen and oxygen atoms in total. The van der Waals surface area contributed by atoms with Crippen LogP contribution in [0.2, 0.25) is 0 Å². The largest absolute Gasteiger partial charge is 0.481 e. The van der Waals surface area contributed by atoms with Crippen molar-refractivity contribution in [3.05, 3.63) is 41.6 Å². The van der Waals surface area contributed by atoms with Gasteiger partial charge in [-0.1, -0.05) is 6.07 Å². The second-order valence-corrected chi connectivity index (χ2v) is 5.76. The highest BCUT2D eigenvalue weighted by atomic mass is 19.1. The first kappa shape index (κ1) is 14.8. The average Bonchev–Trinajstić information content (AvgIpc) is 2.49. The highest BCUT2D eigenvalue weighted by Gasteiger charge is 2.43. The summed E-state index contributed by atoms with van der Waals surface area (Å²) < 4.78 is 24.1. The lowest BCUT2D eigenvalue weighted by Gasteiger charge is -2.39. The van der Waals surface area contributed by atoms with Crippen molar-refractivity contribution >= 4 is 5.69 Å². The zero-order chi connectivity index (χ0) is 15.7. The average molecular weight is 302 g/mol. The van der Waals surface area contributed by atoms with Crippen LogP contribution in [0.4, 0.5) is 10.1 Å². The van der Waals surface area contributed by atoms with Gasteiger partial charge in [-0.05, 0) is 36.2 Å². The number of hydrogen-bond donors (Lipinski definition) is 1. The number of rotatable bonds is 4. The van der Waals surface area contributed by atoms with Crippen LogP contribution in [0.25, 0.3) is 11.1 Å².